The number of hydrogen-bond donors (Lipinski definition) is 0. The van der Waals surface area contributed by atoms with Crippen LogP contribution in [0.25, 0.3) is 0 Å². The molecule has 0 aliphatic rings. The van der Waals surface area contributed by atoms with Crippen molar-refractivity contribution in [2.75, 3.05) is 41.3 Å². The Morgan fingerprint density at radius 1 is 0.769 bits per heavy atom. The van der Waals surface area contributed by atoms with Crippen molar-refractivity contribution in [2.24, 2.45) is 0 Å². The number of rotatable bonds is 8. The molecule has 0 bridgehead atoms. The third-order valence-electron chi connectivity index (χ3n) is 2.21. The van der Waals surface area contributed by atoms with Crippen molar-refractivity contribution >= 4 is 41.0 Å². The van der Waals surface area contributed by atoms with E-state index in [2.05, 4.69) is 38.0 Å². The molecule has 0 rings (SSSR count). The molecule has 0 aliphatic heterocycles. The van der Waals surface area contributed by atoms with Crippen LogP contribution in [0.2, 0.25) is 2.78 Å². The molecule has 0 aromatic heterocycles. The SMILES string of the molecule is CN(C)CC[CH2][Sr][CH2]CCN(C)C. The van der Waals surface area contributed by atoms with Crippen LogP contribution in [0.3, 0.4) is 0 Å². The van der Waals surface area contributed by atoms with Crippen LogP contribution < -0.4 is 0 Å². The van der Waals surface area contributed by atoms with Crippen molar-refractivity contribution < 1.29 is 0 Å². The van der Waals surface area contributed by atoms with E-state index < -0.39 is 0 Å². The molecule has 0 aromatic carbocycles. The van der Waals surface area contributed by atoms with Crippen LogP contribution in [0, 0.1) is 0 Å². The second-order valence-electron chi connectivity index (χ2n) is 4.37. The fraction of sp³-hybridized carbons (Fsp3) is 1.00. The molecule has 0 saturated heterocycles. The molecule has 76 valence electrons. The zero-order valence-electron chi connectivity index (χ0n) is 9.84. The predicted molar refractivity (Wildman–Crippen MR) is 61.7 cm³/mol. The van der Waals surface area contributed by atoms with Gasteiger partial charge in [0, 0.05) is 0 Å². The number of nitrogens with zero attached hydrogens (tertiary/aromatic N) is 2. The van der Waals surface area contributed by atoms with Crippen molar-refractivity contribution in [3.63, 3.8) is 0 Å². The Kier molecular flexibility index (Phi) is 11.0. The Balaban J connectivity index is 2.92. The Bertz CT molecular complexity index is 93.1. The molecule has 0 aromatic rings. The molecule has 2 nitrogen and oxygen atoms in total. The van der Waals surface area contributed by atoms with Crippen LogP contribution in [-0.4, -0.2) is 92.1 Å². The van der Waals surface area contributed by atoms with Gasteiger partial charge in [-0.1, -0.05) is 0 Å². The summed E-state index contributed by atoms with van der Waals surface area (Å²) in [6.45, 7) is 2.59. The molecule has 0 spiro atoms. The molecule has 0 N–H and O–H groups in total. The summed E-state index contributed by atoms with van der Waals surface area (Å²) in [4.78, 5) is 4.59. The first-order valence-corrected chi connectivity index (χ1v) is 10.3. The van der Waals surface area contributed by atoms with Gasteiger partial charge in [0.15, 0.2) is 0 Å². The Hall–Kier alpha value is 1.40. The van der Waals surface area contributed by atoms with Gasteiger partial charge in [-0.2, -0.15) is 0 Å². The van der Waals surface area contributed by atoms with Gasteiger partial charge >= 0.3 is 108 Å². The van der Waals surface area contributed by atoms with Crippen LogP contribution >= 0.6 is 0 Å². The summed E-state index contributed by atoms with van der Waals surface area (Å²) in [5.74, 6) is 0. The fourth-order valence-electron chi connectivity index (χ4n) is 1.39. The molecule has 13 heavy (non-hydrogen) atoms. The van der Waals surface area contributed by atoms with E-state index in [-0.39, 0.29) is 41.0 Å². The van der Waals surface area contributed by atoms with E-state index in [1.54, 1.807) is 2.78 Å². The fourth-order valence-corrected chi connectivity index (χ4v) is 5.09. The van der Waals surface area contributed by atoms with Crippen LogP contribution in [0.15, 0.2) is 0 Å². The van der Waals surface area contributed by atoms with E-state index in [9.17, 15) is 0 Å². The molecule has 0 heterocycles. The summed E-state index contributed by atoms with van der Waals surface area (Å²) in [5, 5.41) is 0. The zero-order valence-corrected chi connectivity index (χ0v) is 13.3. The molecule has 0 saturated carbocycles. The molecular weight excluding hydrogens is 236 g/mol. The van der Waals surface area contributed by atoms with Gasteiger partial charge in [0.2, 0.25) is 0 Å². The average molecular weight is 260 g/mol. The van der Waals surface area contributed by atoms with Gasteiger partial charge in [0.1, 0.15) is 0 Å². The predicted octanol–water partition coefficient (Wildman–Crippen LogP) is 1.43. The van der Waals surface area contributed by atoms with E-state index in [0.717, 1.165) is 0 Å². The van der Waals surface area contributed by atoms with Crippen LogP contribution in [0.5, 0.6) is 0 Å². The second kappa shape index (κ2) is 9.94. The topological polar surface area (TPSA) is 6.48 Å². The zero-order chi connectivity index (χ0) is 10.1. The minimum atomic E-state index is -0.308. The van der Waals surface area contributed by atoms with Crippen LogP contribution in [0.1, 0.15) is 12.8 Å². The molecule has 0 aliphatic carbocycles. The molecule has 0 radical (unpaired) electrons. The van der Waals surface area contributed by atoms with E-state index in [0.29, 0.717) is 0 Å². The first-order chi connectivity index (χ1) is 6.13. The van der Waals surface area contributed by atoms with Crippen molar-refractivity contribution in [1.29, 1.82) is 0 Å². The van der Waals surface area contributed by atoms with Gasteiger partial charge in [0.05, 0.1) is 0 Å². The molecule has 0 atom stereocenters. The van der Waals surface area contributed by atoms with Gasteiger partial charge in [0.25, 0.3) is 0 Å². The maximum absolute atomic E-state index is 2.30. The van der Waals surface area contributed by atoms with Crippen LogP contribution in [0.4, 0.5) is 0 Å². The monoisotopic (exact) mass is 260 g/mol. The van der Waals surface area contributed by atoms with Gasteiger partial charge in [-0.15, -0.1) is 0 Å². The average Bonchev–Trinajstić information content (AvgIpc) is 2.01. The molecule has 0 amide bonds. The third kappa shape index (κ3) is 13.4. The summed E-state index contributed by atoms with van der Waals surface area (Å²) < 4.78 is 3.21. The summed E-state index contributed by atoms with van der Waals surface area (Å²) in [7, 11) is 8.67. The van der Waals surface area contributed by atoms with E-state index >= 15 is 0 Å². The standard InChI is InChI=1S/2C5H12N.Sr/c2*1-4-5-6(2)3;/h2*1,4-5H2,2-3H3;. The molecule has 0 unspecified atom stereocenters. The van der Waals surface area contributed by atoms with E-state index in [4.69, 9.17) is 0 Å². The van der Waals surface area contributed by atoms with Gasteiger partial charge in [-0.25, -0.2) is 0 Å². The first-order valence-electron chi connectivity index (χ1n) is 5.42. The normalized spacial score (nSPS) is 10.9. The second-order valence-corrected chi connectivity index (χ2v) is 9.59. The summed E-state index contributed by atoms with van der Waals surface area (Å²) >= 11 is -0.308. The maximum atomic E-state index is 2.30. The Morgan fingerprint density at radius 2 is 1.15 bits per heavy atom. The summed E-state index contributed by atoms with van der Waals surface area (Å²) in [5.41, 5.74) is 0. The number of hydrogen-bond acceptors (Lipinski definition) is 2. The minimum absolute atomic E-state index is 0.308. The van der Waals surface area contributed by atoms with Crippen molar-refractivity contribution in [3.8, 4) is 0 Å². The Morgan fingerprint density at radius 3 is 1.46 bits per heavy atom. The van der Waals surface area contributed by atoms with Crippen molar-refractivity contribution in [2.45, 2.75) is 15.6 Å². The Labute approximate surface area is 106 Å². The third-order valence-corrected chi connectivity index (χ3v) is 7.13. The summed E-state index contributed by atoms with van der Waals surface area (Å²) in [6, 6.07) is 0. The van der Waals surface area contributed by atoms with Crippen molar-refractivity contribution in [1.82, 2.24) is 9.80 Å². The van der Waals surface area contributed by atoms with Crippen molar-refractivity contribution in [3.05, 3.63) is 0 Å². The molecule has 0 fully saturated rings. The van der Waals surface area contributed by atoms with E-state index in [1.807, 2.05) is 0 Å². The first kappa shape index (κ1) is 14.4. The van der Waals surface area contributed by atoms with E-state index in [1.165, 1.54) is 25.9 Å². The van der Waals surface area contributed by atoms with Gasteiger partial charge in [-0.05, 0) is 0 Å². The molecular formula is C10H24N2Sr. The summed E-state index contributed by atoms with van der Waals surface area (Å²) in [6.07, 6.45) is 2.90. The van der Waals surface area contributed by atoms with Gasteiger partial charge < -0.3 is 0 Å². The quantitative estimate of drug-likeness (QED) is 0.481. The van der Waals surface area contributed by atoms with Crippen LogP contribution in [-0.2, 0) is 0 Å². The molecule has 3 heteroatoms. The van der Waals surface area contributed by atoms with Gasteiger partial charge in [-0.3, -0.25) is 0 Å².